The third-order valence-electron chi connectivity index (χ3n) is 1.63. The molecule has 1 aromatic heterocycles. The Morgan fingerprint density at radius 3 is 3.00 bits per heavy atom. The topological polar surface area (TPSA) is 28.5 Å². The fourth-order valence-electron chi connectivity index (χ4n) is 1.08. The van der Waals surface area contributed by atoms with Gasteiger partial charge in [-0.1, -0.05) is 6.07 Å². The molecule has 0 bridgehead atoms. The van der Waals surface area contributed by atoms with E-state index in [0.717, 1.165) is 18.9 Å². The lowest BCUT2D eigenvalue weighted by Gasteiger charge is -2.10. The summed E-state index contributed by atoms with van der Waals surface area (Å²) < 4.78 is 0. The van der Waals surface area contributed by atoms with Crippen molar-refractivity contribution >= 4 is 12.2 Å². The van der Waals surface area contributed by atoms with Gasteiger partial charge in [0.05, 0.1) is 12.9 Å². The molecule has 3 heteroatoms. The normalized spacial score (nSPS) is 15.8. The van der Waals surface area contributed by atoms with Crippen molar-refractivity contribution in [1.29, 1.82) is 0 Å². The van der Waals surface area contributed by atoms with Crippen LogP contribution in [0.5, 0.6) is 0 Å². The maximum atomic E-state index is 4.20. The van der Waals surface area contributed by atoms with Crippen molar-refractivity contribution in [1.82, 2.24) is 4.98 Å². The van der Waals surface area contributed by atoms with Crippen molar-refractivity contribution in [3.8, 4) is 0 Å². The fourth-order valence-corrected chi connectivity index (χ4v) is 1.08. The van der Waals surface area contributed by atoms with Gasteiger partial charge < -0.3 is 4.90 Å². The lowest BCUT2D eigenvalue weighted by atomic mass is 10.4. The van der Waals surface area contributed by atoms with Crippen molar-refractivity contribution < 1.29 is 0 Å². The molecule has 2 rings (SSSR count). The van der Waals surface area contributed by atoms with Crippen LogP contribution in [0.4, 0.5) is 5.82 Å². The molecule has 0 aliphatic carbocycles. The van der Waals surface area contributed by atoms with Gasteiger partial charge in [0.15, 0.2) is 0 Å². The molecule has 56 valence electrons. The molecule has 0 saturated carbocycles. The zero-order valence-corrected chi connectivity index (χ0v) is 6.14. The van der Waals surface area contributed by atoms with E-state index in [9.17, 15) is 0 Å². The molecule has 0 atom stereocenters. The van der Waals surface area contributed by atoms with E-state index in [1.54, 1.807) is 6.20 Å². The molecule has 0 saturated heterocycles. The Balaban J connectivity index is 2.23. The summed E-state index contributed by atoms with van der Waals surface area (Å²) in [7, 11) is 0. The van der Waals surface area contributed by atoms with Crippen LogP contribution in [-0.2, 0) is 0 Å². The number of hydrogen-bond acceptors (Lipinski definition) is 3. The van der Waals surface area contributed by atoms with Gasteiger partial charge in [-0.3, -0.25) is 4.99 Å². The minimum Gasteiger partial charge on any atom is -0.316 e. The molecule has 2 heterocycles. The number of aliphatic imine (C=N–C) groups is 1. The largest absolute Gasteiger partial charge is 0.316 e. The number of aromatic nitrogens is 1. The van der Waals surface area contributed by atoms with Crippen LogP contribution in [0.15, 0.2) is 29.4 Å². The van der Waals surface area contributed by atoms with Gasteiger partial charge >= 0.3 is 0 Å². The maximum absolute atomic E-state index is 4.20. The van der Waals surface area contributed by atoms with Crippen LogP contribution in [0, 0.1) is 0 Å². The van der Waals surface area contributed by atoms with Gasteiger partial charge in [0, 0.05) is 12.7 Å². The number of hydrogen-bond donors (Lipinski definition) is 0. The van der Waals surface area contributed by atoms with E-state index < -0.39 is 0 Å². The lowest BCUT2D eigenvalue weighted by molar-refractivity contribution is 1.00. The smallest absolute Gasteiger partial charge is 0.133 e. The summed E-state index contributed by atoms with van der Waals surface area (Å²) in [5, 5.41) is 0. The maximum Gasteiger partial charge on any atom is 0.133 e. The summed E-state index contributed by atoms with van der Waals surface area (Å²) >= 11 is 0. The molecule has 0 aromatic carbocycles. The zero-order valence-electron chi connectivity index (χ0n) is 6.14. The Hall–Kier alpha value is -1.38. The van der Waals surface area contributed by atoms with Crippen molar-refractivity contribution in [2.75, 3.05) is 18.0 Å². The van der Waals surface area contributed by atoms with Crippen LogP contribution < -0.4 is 4.90 Å². The molecule has 1 aromatic rings. The van der Waals surface area contributed by atoms with Crippen LogP contribution in [0.25, 0.3) is 0 Å². The van der Waals surface area contributed by atoms with Crippen LogP contribution in [0.3, 0.4) is 0 Å². The molecular weight excluding hydrogens is 138 g/mol. The van der Waals surface area contributed by atoms with Crippen molar-refractivity contribution in [2.24, 2.45) is 4.99 Å². The second-order valence-electron chi connectivity index (χ2n) is 2.40. The van der Waals surface area contributed by atoms with Gasteiger partial charge in [-0.15, -0.1) is 0 Å². The first-order chi connectivity index (χ1) is 5.47. The minimum atomic E-state index is 0.885. The fraction of sp³-hybridized carbons (Fsp3) is 0.250. The molecule has 0 unspecified atom stereocenters. The van der Waals surface area contributed by atoms with Crippen molar-refractivity contribution in [3.63, 3.8) is 0 Å². The van der Waals surface area contributed by atoms with Gasteiger partial charge in [-0.25, -0.2) is 4.98 Å². The first-order valence-electron chi connectivity index (χ1n) is 3.64. The molecule has 0 spiro atoms. The number of anilines is 1. The molecule has 11 heavy (non-hydrogen) atoms. The van der Waals surface area contributed by atoms with Crippen LogP contribution in [-0.4, -0.2) is 24.4 Å². The van der Waals surface area contributed by atoms with E-state index in [1.165, 1.54) is 0 Å². The average molecular weight is 147 g/mol. The summed E-state index contributed by atoms with van der Waals surface area (Å²) in [6.07, 6.45) is 3.63. The highest BCUT2D eigenvalue weighted by Gasteiger charge is 2.06. The van der Waals surface area contributed by atoms with E-state index in [2.05, 4.69) is 9.98 Å². The van der Waals surface area contributed by atoms with Gasteiger partial charge in [-0.2, -0.15) is 0 Å². The molecule has 0 N–H and O–H groups in total. The van der Waals surface area contributed by atoms with E-state index in [0.29, 0.717) is 0 Å². The molecule has 0 amide bonds. The Morgan fingerprint density at radius 1 is 1.36 bits per heavy atom. The molecule has 3 nitrogen and oxygen atoms in total. The predicted octanol–water partition coefficient (Wildman–Crippen LogP) is 0.930. The van der Waals surface area contributed by atoms with E-state index in [4.69, 9.17) is 0 Å². The number of pyridine rings is 1. The SMILES string of the molecule is C1=NCCN1c1ccccn1. The second kappa shape index (κ2) is 2.70. The summed E-state index contributed by atoms with van der Waals surface area (Å²) in [5.41, 5.74) is 0. The quantitative estimate of drug-likeness (QED) is 0.591. The summed E-state index contributed by atoms with van der Waals surface area (Å²) in [5.74, 6) is 0.980. The first-order valence-corrected chi connectivity index (χ1v) is 3.64. The third-order valence-corrected chi connectivity index (χ3v) is 1.63. The lowest BCUT2D eigenvalue weighted by Crippen LogP contribution is -2.18. The minimum absolute atomic E-state index is 0.885. The molecule has 0 fully saturated rings. The summed E-state index contributed by atoms with van der Waals surface area (Å²) in [6, 6.07) is 5.88. The molecular formula is C8H9N3. The Labute approximate surface area is 65.4 Å². The highest BCUT2D eigenvalue weighted by Crippen LogP contribution is 2.08. The highest BCUT2D eigenvalue weighted by molar-refractivity contribution is 5.78. The zero-order chi connectivity index (χ0) is 7.52. The first kappa shape index (κ1) is 6.34. The van der Waals surface area contributed by atoms with Crippen LogP contribution in [0.2, 0.25) is 0 Å². The third kappa shape index (κ3) is 1.22. The highest BCUT2D eigenvalue weighted by atomic mass is 15.2. The average Bonchev–Trinajstić information content (AvgIpc) is 2.58. The number of nitrogens with zero attached hydrogens (tertiary/aromatic N) is 3. The number of rotatable bonds is 1. The Bertz CT molecular complexity index is 255. The van der Waals surface area contributed by atoms with Crippen LogP contribution >= 0.6 is 0 Å². The van der Waals surface area contributed by atoms with Crippen molar-refractivity contribution in [3.05, 3.63) is 24.4 Å². The second-order valence-corrected chi connectivity index (χ2v) is 2.40. The summed E-state index contributed by atoms with van der Waals surface area (Å²) in [4.78, 5) is 10.3. The molecule has 1 aliphatic rings. The van der Waals surface area contributed by atoms with Gasteiger partial charge in [0.25, 0.3) is 0 Å². The van der Waals surface area contributed by atoms with Gasteiger partial charge in [0.1, 0.15) is 5.82 Å². The Morgan fingerprint density at radius 2 is 2.36 bits per heavy atom. The van der Waals surface area contributed by atoms with E-state index >= 15 is 0 Å². The van der Waals surface area contributed by atoms with Gasteiger partial charge in [0.2, 0.25) is 0 Å². The van der Waals surface area contributed by atoms with E-state index in [-0.39, 0.29) is 0 Å². The molecule has 1 aliphatic heterocycles. The molecule has 0 radical (unpaired) electrons. The summed E-state index contributed by atoms with van der Waals surface area (Å²) in [6.45, 7) is 1.84. The van der Waals surface area contributed by atoms with Crippen molar-refractivity contribution in [2.45, 2.75) is 0 Å². The van der Waals surface area contributed by atoms with Gasteiger partial charge in [-0.05, 0) is 12.1 Å². The van der Waals surface area contributed by atoms with E-state index in [1.807, 2.05) is 29.4 Å². The monoisotopic (exact) mass is 147 g/mol. The van der Waals surface area contributed by atoms with Crippen LogP contribution in [0.1, 0.15) is 0 Å². The standard InChI is InChI=1S/C8H9N3/c1-2-4-10-8(3-1)11-6-5-9-7-11/h1-4,7H,5-6H2. The Kier molecular flexibility index (Phi) is 1.55. The predicted molar refractivity (Wildman–Crippen MR) is 44.9 cm³/mol.